The maximum absolute atomic E-state index is 5.99. The Morgan fingerprint density at radius 2 is 2.30 bits per heavy atom. The van der Waals surface area contributed by atoms with E-state index in [4.69, 9.17) is 4.74 Å². The van der Waals surface area contributed by atoms with Gasteiger partial charge in [-0.05, 0) is 27.3 Å². The highest BCUT2D eigenvalue weighted by Crippen LogP contribution is 2.22. The van der Waals surface area contributed by atoms with Gasteiger partial charge in [-0.3, -0.25) is 9.58 Å². The van der Waals surface area contributed by atoms with Crippen molar-refractivity contribution in [3.05, 3.63) is 18.0 Å². The van der Waals surface area contributed by atoms with Gasteiger partial charge in [-0.25, -0.2) is 0 Å². The lowest BCUT2D eigenvalue weighted by atomic mass is 10.0. The van der Waals surface area contributed by atoms with Gasteiger partial charge in [0, 0.05) is 37.4 Å². The Balaban J connectivity index is 2.06. The van der Waals surface area contributed by atoms with E-state index in [1.807, 2.05) is 17.9 Å². The average molecular weight is 280 g/mol. The van der Waals surface area contributed by atoms with E-state index in [1.165, 1.54) is 5.56 Å². The summed E-state index contributed by atoms with van der Waals surface area (Å²) in [5.41, 5.74) is 1.22. The molecule has 1 aromatic heterocycles. The van der Waals surface area contributed by atoms with Crippen LogP contribution in [0.3, 0.4) is 0 Å². The highest BCUT2D eigenvalue weighted by atomic mass is 16.5. The van der Waals surface area contributed by atoms with Gasteiger partial charge >= 0.3 is 0 Å². The van der Waals surface area contributed by atoms with E-state index in [9.17, 15) is 0 Å². The smallest absolute Gasteiger partial charge is 0.0898 e. The molecule has 2 heterocycles. The molecule has 5 nitrogen and oxygen atoms in total. The molecule has 0 aromatic carbocycles. The second kappa shape index (κ2) is 7.20. The van der Waals surface area contributed by atoms with Gasteiger partial charge in [-0.15, -0.1) is 0 Å². The summed E-state index contributed by atoms with van der Waals surface area (Å²) in [6.07, 6.45) is 5.40. The number of aromatic nitrogens is 2. The van der Waals surface area contributed by atoms with Gasteiger partial charge in [0.2, 0.25) is 0 Å². The van der Waals surface area contributed by atoms with Crippen molar-refractivity contribution in [3.63, 3.8) is 0 Å². The molecule has 0 aliphatic carbocycles. The first-order valence-electron chi connectivity index (χ1n) is 7.71. The van der Waals surface area contributed by atoms with Crippen LogP contribution in [0.15, 0.2) is 12.4 Å². The molecule has 2 atom stereocenters. The quantitative estimate of drug-likeness (QED) is 0.860. The summed E-state index contributed by atoms with van der Waals surface area (Å²) >= 11 is 0. The van der Waals surface area contributed by atoms with E-state index in [1.54, 1.807) is 0 Å². The number of nitrogens with one attached hydrogen (secondary N) is 1. The molecule has 0 spiro atoms. The number of aryl methyl sites for hydroxylation is 1. The van der Waals surface area contributed by atoms with Crippen LogP contribution in [0.5, 0.6) is 0 Å². The van der Waals surface area contributed by atoms with Gasteiger partial charge in [0.15, 0.2) is 0 Å². The maximum Gasteiger partial charge on any atom is 0.0898 e. The van der Waals surface area contributed by atoms with Gasteiger partial charge in [0.1, 0.15) is 0 Å². The zero-order chi connectivity index (χ0) is 14.5. The zero-order valence-electron chi connectivity index (χ0n) is 13.2. The molecule has 1 aromatic rings. The first-order chi connectivity index (χ1) is 9.65. The minimum Gasteiger partial charge on any atom is -0.374 e. The first-order valence-corrected chi connectivity index (χ1v) is 7.71. The van der Waals surface area contributed by atoms with Gasteiger partial charge in [-0.1, -0.05) is 6.92 Å². The lowest BCUT2D eigenvalue weighted by molar-refractivity contribution is -0.0550. The maximum atomic E-state index is 5.99. The van der Waals surface area contributed by atoms with Crippen molar-refractivity contribution in [2.45, 2.75) is 51.9 Å². The van der Waals surface area contributed by atoms with Crippen LogP contribution >= 0.6 is 0 Å². The van der Waals surface area contributed by atoms with Crippen LogP contribution in [-0.4, -0.2) is 53.6 Å². The molecular weight excluding hydrogens is 252 g/mol. The molecule has 20 heavy (non-hydrogen) atoms. The highest BCUT2D eigenvalue weighted by Gasteiger charge is 2.30. The number of rotatable bonds is 6. The SMILES string of the molecule is CCCn1cc(C(NC)C2CN(C(C)C)CCO2)cn1. The molecule has 2 unspecified atom stereocenters. The van der Waals surface area contributed by atoms with Crippen molar-refractivity contribution in [2.75, 3.05) is 26.7 Å². The molecular formula is C15H28N4O. The fraction of sp³-hybridized carbons (Fsp3) is 0.800. The minimum absolute atomic E-state index is 0.190. The highest BCUT2D eigenvalue weighted by molar-refractivity contribution is 5.13. The van der Waals surface area contributed by atoms with Crippen LogP contribution in [0, 0.1) is 0 Å². The molecule has 0 amide bonds. The fourth-order valence-corrected chi connectivity index (χ4v) is 2.83. The molecule has 1 aliphatic rings. The summed E-state index contributed by atoms with van der Waals surface area (Å²) in [4.78, 5) is 2.48. The number of nitrogens with zero attached hydrogens (tertiary/aromatic N) is 3. The molecule has 114 valence electrons. The Morgan fingerprint density at radius 3 is 2.95 bits per heavy atom. The number of morpholine rings is 1. The largest absolute Gasteiger partial charge is 0.374 e. The predicted octanol–water partition coefficient (Wildman–Crippen LogP) is 1.66. The number of ether oxygens (including phenoxy) is 1. The van der Waals surface area contributed by atoms with E-state index in [2.05, 4.69) is 42.3 Å². The van der Waals surface area contributed by atoms with Crippen molar-refractivity contribution in [1.82, 2.24) is 20.0 Å². The molecule has 0 radical (unpaired) electrons. The fourth-order valence-electron chi connectivity index (χ4n) is 2.83. The lowest BCUT2D eigenvalue weighted by Crippen LogP contribution is -2.49. The molecule has 0 bridgehead atoms. The van der Waals surface area contributed by atoms with Crippen LogP contribution < -0.4 is 5.32 Å². The number of likely N-dealkylation sites (N-methyl/N-ethyl adjacent to an activating group) is 1. The average Bonchev–Trinajstić information content (AvgIpc) is 2.89. The van der Waals surface area contributed by atoms with Gasteiger partial charge in [0.05, 0.1) is 24.9 Å². The first kappa shape index (κ1) is 15.5. The Morgan fingerprint density at radius 1 is 1.50 bits per heavy atom. The van der Waals surface area contributed by atoms with E-state index in [0.29, 0.717) is 6.04 Å². The van der Waals surface area contributed by atoms with Crippen molar-refractivity contribution >= 4 is 0 Å². The van der Waals surface area contributed by atoms with Crippen LogP contribution in [0.4, 0.5) is 0 Å². The third-order valence-electron chi connectivity index (χ3n) is 4.00. The summed E-state index contributed by atoms with van der Waals surface area (Å²) in [6.45, 7) is 10.4. The second-order valence-electron chi connectivity index (χ2n) is 5.80. The van der Waals surface area contributed by atoms with Crippen molar-refractivity contribution < 1.29 is 4.74 Å². The molecule has 1 fully saturated rings. The van der Waals surface area contributed by atoms with E-state index in [-0.39, 0.29) is 12.1 Å². The predicted molar refractivity (Wildman–Crippen MR) is 80.8 cm³/mol. The van der Waals surface area contributed by atoms with Crippen LogP contribution in [0.2, 0.25) is 0 Å². The number of hydrogen-bond donors (Lipinski definition) is 1. The van der Waals surface area contributed by atoms with E-state index >= 15 is 0 Å². The van der Waals surface area contributed by atoms with Crippen LogP contribution in [-0.2, 0) is 11.3 Å². The molecule has 5 heteroatoms. The van der Waals surface area contributed by atoms with Gasteiger partial charge in [0.25, 0.3) is 0 Å². The normalized spacial score (nSPS) is 22.4. The van der Waals surface area contributed by atoms with Crippen molar-refractivity contribution in [2.24, 2.45) is 0 Å². The molecule has 0 saturated carbocycles. The van der Waals surface area contributed by atoms with E-state index in [0.717, 1.165) is 32.7 Å². The van der Waals surface area contributed by atoms with E-state index < -0.39 is 0 Å². The summed E-state index contributed by atoms with van der Waals surface area (Å²) in [6, 6.07) is 0.781. The molecule has 2 rings (SSSR count). The van der Waals surface area contributed by atoms with Crippen LogP contribution in [0.1, 0.15) is 38.8 Å². The summed E-state index contributed by atoms with van der Waals surface area (Å²) < 4.78 is 8.01. The zero-order valence-corrected chi connectivity index (χ0v) is 13.2. The molecule has 1 N–H and O–H groups in total. The second-order valence-corrected chi connectivity index (χ2v) is 5.80. The lowest BCUT2D eigenvalue weighted by Gasteiger charge is -2.38. The van der Waals surface area contributed by atoms with Crippen molar-refractivity contribution in [1.29, 1.82) is 0 Å². The third kappa shape index (κ3) is 3.59. The number of hydrogen-bond acceptors (Lipinski definition) is 4. The molecule has 1 aliphatic heterocycles. The minimum atomic E-state index is 0.190. The Kier molecular flexibility index (Phi) is 5.57. The van der Waals surface area contributed by atoms with Gasteiger partial charge in [-0.2, -0.15) is 5.10 Å². The Hall–Kier alpha value is -0.910. The van der Waals surface area contributed by atoms with Gasteiger partial charge < -0.3 is 10.1 Å². The monoisotopic (exact) mass is 280 g/mol. The summed E-state index contributed by atoms with van der Waals surface area (Å²) in [7, 11) is 2.00. The summed E-state index contributed by atoms with van der Waals surface area (Å²) in [5.74, 6) is 0. The van der Waals surface area contributed by atoms with Crippen molar-refractivity contribution in [3.8, 4) is 0 Å². The molecule has 1 saturated heterocycles. The Labute approximate surface area is 122 Å². The third-order valence-corrected chi connectivity index (χ3v) is 4.00. The topological polar surface area (TPSA) is 42.3 Å². The standard InChI is InChI=1S/C15H28N4O/c1-5-6-19-10-13(9-17-19)15(16-4)14-11-18(12(2)3)7-8-20-14/h9-10,12,14-16H,5-8,11H2,1-4H3. The van der Waals surface area contributed by atoms with Crippen LogP contribution in [0.25, 0.3) is 0 Å². The summed E-state index contributed by atoms with van der Waals surface area (Å²) in [5, 5.41) is 7.83. The Bertz CT molecular complexity index is 404.